The summed E-state index contributed by atoms with van der Waals surface area (Å²) in [5.41, 5.74) is 8.78. The van der Waals surface area contributed by atoms with Crippen molar-refractivity contribution in [2.75, 3.05) is 19.3 Å². The molecular formula is C15H20N4OS. The van der Waals surface area contributed by atoms with Gasteiger partial charge in [-0.15, -0.1) is 11.3 Å². The highest BCUT2D eigenvalue weighted by molar-refractivity contribution is 7.13. The molecule has 112 valence electrons. The third kappa shape index (κ3) is 5.17. The molecule has 0 saturated heterocycles. The van der Waals surface area contributed by atoms with Crippen molar-refractivity contribution in [3.05, 3.63) is 46.5 Å². The molecule has 0 spiro atoms. The Morgan fingerprint density at radius 3 is 2.71 bits per heavy atom. The van der Waals surface area contributed by atoms with Gasteiger partial charge in [0.25, 0.3) is 0 Å². The number of aromatic nitrogens is 1. The quantitative estimate of drug-likeness (QED) is 0.853. The molecule has 0 aliphatic carbocycles. The van der Waals surface area contributed by atoms with E-state index in [-0.39, 0.29) is 5.91 Å². The van der Waals surface area contributed by atoms with Gasteiger partial charge in [0, 0.05) is 11.9 Å². The molecule has 1 aromatic carbocycles. The van der Waals surface area contributed by atoms with Gasteiger partial charge in [0.2, 0.25) is 5.91 Å². The Hall–Kier alpha value is -1.92. The van der Waals surface area contributed by atoms with Gasteiger partial charge in [-0.2, -0.15) is 0 Å². The topological polar surface area (TPSA) is 71.2 Å². The first kappa shape index (κ1) is 15.5. The lowest BCUT2D eigenvalue weighted by molar-refractivity contribution is -0.122. The first-order chi connectivity index (χ1) is 10.0. The minimum atomic E-state index is -0.0174. The Morgan fingerprint density at radius 2 is 2.10 bits per heavy atom. The molecule has 0 atom stereocenters. The van der Waals surface area contributed by atoms with Crippen molar-refractivity contribution >= 4 is 22.4 Å². The van der Waals surface area contributed by atoms with Gasteiger partial charge in [-0.3, -0.25) is 9.69 Å². The van der Waals surface area contributed by atoms with Gasteiger partial charge in [-0.25, -0.2) is 4.98 Å². The average Bonchev–Trinajstić information content (AvgIpc) is 2.85. The van der Waals surface area contributed by atoms with Crippen LogP contribution < -0.4 is 11.1 Å². The number of amides is 1. The highest BCUT2D eigenvalue weighted by Gasteiger charge is 2.08. The third-order valence-corrected chi connectivity index (χ3v) is 3.75. The first-order valence-electron chi connectivity index (χ1n) is 6.73. The number of nitrogens with one attached hydrogen (secondary N) is 1. The second-order valence-corrected chi connectivity index (χ2v) is 6.00. The Labute approximate surface area is 128 Å². The molecule has 0 unspecified atom stereocenters. The zero-order chi connectivity index (χ0) is 15.2. The van der Waals surface area contributed by atoms with Gasteiger partial charge < -0.3 is 11.1 Å². The van der Waals surface area contributed by atoms with Crippen LogP contribution in [0.1, 0.15) is 16.8 Å². The summed E-state index contributed by atoms with van der Waals surface area (Å²) in [7, 11) is 1.93. The van der Waals surface area contributed by atoms with Gasteiger partial charge in [0.05, 0.1) is 18.8 Å². The number of benzene rings is 1. The number of carbonyl (C=O) groups excluding carboxylic acids is 1. The lowest BCUT2D eigenvalue weighted by atomic mass is 10.1. The van der Waals surface area contributed by atoms with Crippen molar-refractivity contribution < 1.29 is 4.79 Å². The van der Waals surface area contributed by atoms with E-state index in [0.29, 0.717) is 18.2 Å². The summed E-state index contributed by atoms with van der Waals surface area (Å²) in [6.45, 7) is 3.59. The monoisotopic (exact) mass is 304 g/mol. The number of aryl methyl sites for hydroxylation is 1. The highest BCUT2D eigenvalue weighted by Crippen LogP contribution is 2.10. The smallest absolute Gasteiger partial charge is 0.234 e. The number of carbonyl (C=O) groups is 1. The summed E-state index contributed by atoms with van der Waals surface area (Å²) < 4.78 is 0. The van der Waals surface area contributed by atoms with Gasteiger partial charge >= 0.3 is 0 Å². The summed E-state index contributed by atoms with van der Waals surface area (Å²) >= 11 is 1.38. The summed E-state index contributed by atoms with van der Waals surface area (Å²) in [4.78, 5) is 18.0. The largest absolute Gasteiger partial charge is 0.375 e. The Morgan fingerprint density at radius 1 is 1.38 bits per heavy atom. The molecule has 3 N–H and O–H groups in total. The molecule has 1 amide bonds. The van der Waals surface area contributed by atoms with E-state index in [1.165, 1.54) is 22.5 Å². The Kier molecular flexibility index (Phi) is 5.30. The lowest BCUT2D eigenvalue weighted by Crippen LogP contribution is -2.34. The summed E-state index contributed by atoms with van der Waals surface area (Å²) in [5.74, 6) is -0.0174. The standard InChI is InChI=1S/C15H20N4OS/c1-11-3-5-12(6-4-11)8-19(2)9-14(20)17-7-13-10-21-15(16)18-13/h3-6,10H,7-9H2,1-2H3,(H2,16,18)(H,17,20). The fourth-order valence-electron chi connectivity index (χ4n) is 1.96. The van der Waals surface area contributed by atoms with Crippen molar-refractivity contribution in [3.8, 4) is 0 Å². The van der Waals surface area contributed by atoms with Crippen LogP contribution in [0.25, 0.3) is 0 Å². The normalized spacial score (nSPS) is 10.8. The minimum absolute atomic E-state index is 0.0174. The molecule has 1 heterocycles. The number of nitrogens with zero attached hydrogens (tertiary/aromatic N) is 2. The van der Waals surface area contributed by atoms with Gasteiger partial charge in [-0.1, -0.05) is 29.8 Å². The van der Waals surface area contributed by atoms with Gasteiger partial charge in [0.1, 0.15) is 0 Å². The van der Waals surface area contributed by atoms with E-state index in [4.69, 9.17) is 5.73 Å². The van der Waals surface area contributed by atoms with Crippen molar-refractivity contribution in [2.45, 2.75) is 20.0 Å². The molecule has 21 heavy (non-hydrogen) atoms. The molecule has 0 aliphatic rings. The Bertz CT molecular complexity index is 594. The molecule has 2 aromatic rings. The van der Waals surface area contributed by atoms with Crippen molar-refractivity contribution in [3.63, 3.8) is 0 Å². The number of rotatable bonds is 6. The number of nitrogen functional groups attached to an aromatic ring is 1. The SMILES string of the molecule is Cc1ccc(CN(C)CC(=O)NCc2csc(N)n2)cc1. The van der Waals surface area contributed by atoms with Crippen LogP contribution in [-0.4, -0.2) is 29.4 Å². The molecule has 6 heteroatoms. The van der Waals surface area contributed by atoms with Crippen LogP contribution in [0.15, 0.2) is 29.6 Å². The van der Waals surface area contributed by atoms with E-state index in [9.17, 15) is 4.79 Å². The maximum Gasteiger partial charge on any atom is 0.234 e. The fraction of sp³-hybridized carbons (Fsp3) is 0.333. The van der Waals surface area contributed by atoms with Crippen LogP contribution in [0, 0.1) is 6.92 Å². The predicted molar refractivity (Wildman–Crippen MR) is 85.9 cm³/mol. The van der Waals surface area contributed by atoms with E-state index in [2.05, 4.69) is 41.5 Å². The van der Waals surface area contributed by atoms with E-state index in [1.54, 1.807) is 0 Å². The molecule has 2 rings (SSSR count). The summed E-state index contributed by atoms with van der Waals surface area (Å²) in [6, 6.07) is 8.33. The third-order valence-electron chi connectivity index (χ3n) is 3.02. The molecule has 5 nitrogen and oxygen atoms in total. The van der Waals surface area contributed by atoms with E-state index < -0.39 is 0 Å². The number of anilines is 1. The Balaban J connectivity index is 1.75. The second-order valence-electron chi connectivity index (χ2n) is 5.11. The van der Waals surface area contributed by atoms with E-state index in [1.807, 2.05) is 17.3 Å². The second kappa shape index (κ2) is 7.19. The highest BCUT2D eigenvalue weighted by atomic mass is 32.1. The zero-order valence-electron chi connectivity index (χ0n) is 12.3. The van der Waals surface area contributed by atoms with Gasteiger partial charge in [0.15, 0.2) is 5.13 Å². The van der Waals surface area contributed by atoms with E-state index in [0.717, 1.165) is 12.2 Å². The maximum atomic E-state index is 11.9. The van der Waals surface area contributed by atoms with Crippen LogP contribution >= 0.6 is 11.3 Å². The van der Waals surface area contributed by atoms with Crippen LogP contribution in [-0.2, 0) is 17.9 Å². The number of thiazole rings is 1. The molecule has 0 fully saturated rings. The van der Waals surface area contributed by atoms with Gasteiger partial charge in [-0.05, 0) is 19.5 Å². The lowest BCUT2D eigenvalue weighted by Gasteiger charge is -2.16. The van der Waals surface area contributed by atoms with Crippen molar-refractivity contribution in [2.24, 2.45) is 0 Å². The van der Waals surface area contributed by atoms with E-state index >= 15 is 0 Å². The van der Waals surface area contributed by atoms with Crippen LogP contribution in [0.2, 0.25) is 0 Å². The molecule has 0 saturated carbocycles. The molecule has 0 radical (unpaired) electrons. The molecular weight excluding hydrogens is 284 g/mol. The van der Waals surface area contributed by atoms with Crippen LogP contribution in [0.3, 0.4) is 0 Å². The zero-order valence-corrected chi connectivity index (χ0v) is 13.1. The van der Waals surface area contributed by atoms with Crippen LogP contribution in [0.5, 0.6) is 0 Å². The minimum Gasteiger partial charge on any atom is -0.375 e. The van der Waals surface area contributed by atoms with Crippen molar-refractivity contribution in [1.82, 2.24) is 15.2 Å². The molecule has 1 aromatic heterocycles. The average molecular weight is 304 g/mol. The first-order valence-corrected chi connectivity index (χ1v) is 7.61. The number of nitrogens with two attached hydrogens (primary N) is 1. The maximum absolute atomic E-state index is 11.9. The summed E-state index contributed by atoms with van der Waals surface area (Å²) in [5, 5.41) is 5.22. The summed E-state index contributed by atoms with van der Waals surface area (Å²) in [6.07, 6.45) is 0. The fourth-order valence-corrected chi connectivity index (χ4v) is 2.52. The predicted octanol–water partition coefficient (Wildman–Crippen LogP) is 1.78. The molecule has 0 aliphatic heterocycles. The number of likely N-dealkylation sites (N-methyl/N-ethyl adjacent to an activating group) is 1. The van der Waals surface area contributed by atoms with Crippen LogP contribution in [0.4, 0.5) is 5.13 Å². The number of hydrogen-bond acceptors (Lipinski definition) is 5. The molecule has 0 bridgehead atoms. The van der Waals surface area contributed by atoms with Crippen molar-refractivity contribution in [1.29, 1.82) is 0 Å². The number of hydrogen-bond donors (Lipinski definition) is 2.